The van der Waals surface area contributed by atoms with Crippen LogP contribution in [0.3, 0.4) is 0 Å². The van der Waals surface area contributed by atoms with Crippen molar-refractivity contribution in [2.45, 2.75) is 25.5 Å². The topological polar surface area (TPSA) is 4.93 Å². The van der Waals surface area contributed by atoms with Crippen molar-refractivity contribution < 1.29 is 0 Å². The van der Waals surface area contributed by atoms with E-state index in [0.29, 0.717) is 4.75 Å². The summed E-state index contributed by atoms with van der Waals surface area (Å²) in [6.07, 6.45) is 4.13. The summed E-state index contributed by atoms with van der Waals surface area (Å²) >= 11 is 1.82. The highest BCUT2D eigenvalue weighted by Crippen LogP contribution is 2.24. The maximum absolute atomic E-state index is 2.21. The fourth-order valence-corrected chi connectivity index (χ4v) is 1.59. The van der Waals surface area contributed by atoms with Crippen LogP contribution in [-0.2, 0) is 0 Å². The lowest BCUT2D eigenvalue weighted by Gasteiger charge is -2.17. The summed E-state index contributed by atoms with van der Waals surface area (Å²) in [6, 6.07) is 4.08. The number of hydrogen-bond acceptors (Lipinski definition) is 1. The molecule has 0 radical (unpaired) electrons. The van der Waals surface area contributed by atoms with Crippen LogP contribution in [0.2, 0.25) is 0 Å². The van der Waals surface area contributed by atoms with E-state index in [9.17, 15) is 0 Å². The minimum Gasteiger partial charge on any atom is -0.299 e. The van der Waals surface area contributed by atoms with E-state index in [1.807, 2.05) is 24.1 Å². The standard InChI is InChI=1S/C8H13NS/c1-8(2,3)10-9-6-4-5-7-9/h4-7H,1-3H3. The van der Waals surface area contributed by atoms with Gasteiger partial charge in [0.2, 0.25) is 0 Å². The first-order valence-electron chi connectivity index (χ1n) is 3.40. The first-order chi connectivity index (χ1) is 4.58. The molecule has 0 bridgehead atoms. The highest BCUT2D eigenvalue weighted by atomic mass is 32.2. The van der Waals surface area contributed by atoms with Crippen molar-refractivity contribution in [2.24, 2.45) is 0 Å². The predicted octanol–water partition coefficient (Wildman–Crippen LogP) is 2.78. The van der Waals surface area contributed by atoms with E-state index in [4.69, 9.17) is 0 Å². The van der Waals surface area contributed by atoms with Crippen LogP contribution in [0.1, 0.15) is 20.8 Å². The lowest BCUT2D eigenvalue weighted by atomic mass is 10.3. The van der Waals surface area contributed by atoms with Gasteiger partial charge in [-0.3, -0.25) is 3.97 Å². The molecule has 56 valence electrons. The molecular formula is C8H13NS. The van der Waals surface area contributed by atoms with Crippen molar-refractivity contribution in [3.05, 3.63) is 24.5 Å². The van der Waals surface area contributed by atoms with E-state index in [-0.39, 0.29) is 0 Å². The lowest BCUT2D eigenvalue weighted by molar-refractivity contribution is 0.797. The van der Waals surface area contributed by atoms with E-state index in [2.05, 4.69) is 37.1 Å². The molecule has 0 amide bonds. The summed E-state index contributed by atoms with van der Waals surface area (Å²) in [4.78, 5) is 0. The maximum Gasteiger partial charge on any atom is 0.0278 e. The summed E-state index contributed by atoms with van der Waals surface area (Å²) in [6.45, 7) is 6.62. The summed E-state index contributed by atoms with van der Waals surface area (Å²) < 4.78 is 2.43. The Morgan fingerprint density at radius 3 is 2.00 bits per heavy atom. The van der Waals surface area contributed by atoms with Gasteiger partial charge in [-0.2, -0.15) is 0 Å². The molecule has 1 heterocycles. The molecule has 0 saturated carbocycles. The molecule has 1 aromatic rings. The number of rotatable bonds is 1. The number of aromatic nitrogens is 1. The Morgan fingerprint density at radius 2 is 1.60 bits per heavy atom. The smallest absolute Gasteiger partial charge is 0.0278 e. The van der Waals surface area contributed by atoms with Gasteiger partial charge in [0.05, 0.1) is 0 Å². The quantitative estimate of drug-likeness (QED) is 0.603. The van der Waals surface area contributed by atoms with Gasteiger partial charge in [-0.1, -0.05) is 0 Å². The summed E-state index contributed by atoms with van der Waals surface area (Å²) in [5.74, 6) is 0. The predicted molar refractivity (Wildman–Crippen MR) is 47.2 cm³/mol. The molecule has 0 atom stereocenters. The molecule has 0 unspecified atom stereocenters. The molecule has 0 aliphatic carbocycles. The second-order valence-corrected chi connectivity index (χ2v) is 5.08. The zero-order valence-electron chi connectivity index (χ0n) is 6.66. The van der Waals surface area contributed by atoms with Crippen molar-refractivity contribution in [3.63, 3.8) is 0 Å². The van der Waals surface area contributed by atoms with Crippen molar-refractivity contribution in [3.8, 4) is 0 Å². The second kappa shape index (κ2) is 2.70. The molecule has 0 spiro atoms. The van der Waals surface area contributed by atoms with Gasteiger partial charge in [0, 0.05) is 17.1 Å². The minimum atomic E-state index is 0.305. The molecule has 1 rings (SSSR count). The minimum absolute atomic E-state index is 0.305. The Hall–Kier alpha value is -0.370. The van der Waals surface area contributed by atoms with Gasteiger partial charge in [-0.25, -0.2) is 0 Å². The van der Waals surface area contributed by atoms with E-state index in [1.165, 1.54) is 0 Å². The van der Waals surface area contributed by atoms with Gasteiger partial charge in [-0.15, -0.1) is 0 Å². The van der Waals surface area contributed by atoms with E-state index < -0.39 is 0 Å². The first-order valence-corrected chi connectivity index (χ1v) is 4.18. The van der Waals surface area contributed by atoms with Gasteiger partial charge in [0.25, 0.3) is 0 Å². The average Bonchev–Trinajstić information content (AvgIpc) is 2.12. The lowest BCUT2D eigenvalue weighted by Crippen LogP contribution is -2.09. The zero-order chi connectivity index (χ0) is 7.61. The van der Waals surface area contributed by atoms with Gasteiger partial charge in [-0.05, 0) is 44.9 Å². The van der Waals surface area contributed by atoms with E-state index in [0.717, 1.165) is 0 Å². The molecule has 10 heavy (non-hydrogen) atoms. The van der Waals surface area contributed by atoms with Crippen LogP contribution in [0.15, 0.2) is 24.5 Å². The van der Waals surface area contributed by atoms with E-state index in [1.54, 1.807) is 0 Å². The Kier molecular flexibility index (Phi) is 2.09. The first kappa shape index (κ1) is 7.73. The van der Waals surface area contributed by atoms with Gasteiger partial charge < -0.3 is 0 Å². The molecule has 0 aliphatic heterocycles. The molecule has 0 fully saturated rings. The molecular weight excluding hydrogens is 142 g/mol. The Labute approximate surface area is 66.6 Å². The molecule has 1 nitrogen and oxygen atoms in total. The monoisotopic (exact) mass is 155 g/mol. The fraction of sp³-hybridized carbons (Fsp3) is 0.500. The van der Waals surface area contributed by atoms with Crippen LogP contribution in [0.25, 0.3) is 0 Å². The van der Waals surface area contributed by atoms with Crippen LogP contribution in [0.4, 0.5) is 0 Å². The van der Waals surface area contributed by atoms with Gasteiger partial charge in [0.15, 0.2) is 0 Å². The fourth-order valence-electron chi connectivity index (χ4n) is 0.696. The average molecular weight is 155 g/mol. The van der Waals surface area contributed by atoms with Gasteiger partial charge in [0.1, 0.15) is 0 Å². The summed E-state index contributed by atoms with van der Waals surface area (Å²) in [7, 11) is 0. The molecule has 0 saturated heterocycles. The molecule has 2 heteroatoms. The third-order valence-corrected chi connectivity index (χ3v) is 1.96. The van der Waals surface area contributed by atoms with E-state index >= 15 is 0 Å². The largest absolute Gasteiger partial charge is 0.299 e. The summed E-state index contributed by atoms with van der Waals surface area (Å²) in [5, 5.41) is 0. The van der Waals surface area contributed by atoms with Crippen LogP contribution in [-0.4, -0.2) is 8.72 Å². The van der Waals surface area contributed by atoms with Crippen molar-refractivity contribution >= 4 is 11.9 Å². The Morgan fingerprint density at radius 1 is 1.10 bits per heavy atom. The highest BCUT2D eigenvalue weighted by molar-refractivity contribution is 7.99. The normalized spacial score (nSPS) is 11.9. The SMILES string of the molecule is CC(C)(C)Sn1cccc1. The number of hydrogen-bond donors (Lipinski definition) is 0. The van der Waals surface area contributed by atoms with Crippen LogP contribution in [0.5, 0.6) is 0 Å². The van der Waals surface area contributed by atoms with Crippen molar-refractivity contribution in [2.75, 3.05) is 0 Å². The third-order valence-electron chi connectivity index (χ3n) is 0.956. The molecule has 0 N–H and O–H groups in total. The zero-order valence-corrected chi connectivity index (χ0v) is 7.48. The Bertz CT molecular complexity index is 184. The molecule has 0 aromatic carbocycles. The van der Waals surface area contributed by atoms with Crippen LogP contribution < -0.4 is 0 Å². The second-order valence-electron chi connectivity index (χ2n) is 3.25. The number of nitrogens with zero attached hydrogens (tertiary/aromatic N) is 1. The Balaban J connectivity index is 2.57. The third kappa shape index (κ3) is 2.48. The maximum atomic E-state index is 2.21. The van der Waals surface area contributed by atoms with Crippen LogP contribution >= 0.6 is 11.9 Å². The van der Waals surface area contributed by atoms with Crippen LogP contribution in [0, 0.1) is 0 Å². The molecule has 0 aliphatic rings. The van der Waals surface area contributed by atoms with Crippen molar-refractivity contribution in [1.82, 2.24) is 3.97 Å². The van der Waals surface area contributed by atoms with Crippen molar-refractivity contribution in [1.29, 1.82) is 0 Å². The highest BCUT2D eigenvalue weighted by Gasteiger charge is 2.10. The summed E-state index contributed by atoms with van der Waals surface area (Å²) in [5.41, 5.74) is 0. The van der Waals surface area contributed by atoms with Gasteiger partial charge >= 0.3 is 0 Å². The molecule has 1 aromatic heterocycles.